The second-order valence-corrected chi connectivity index (χ2v) is 4.28. The number of nitrogens with zero attached hydrogens (tertiary/aromatic N) is 1. The van der Waals surface area contributed by atoms with Crippen molar-refractivity contribution >= 4 is 5.78 Å². The molecule has 0 aliphatic heterocycles. The number of aryl methyl sites for hydroxylation is 1. The molecule has 0 saturated heterocycles. The van der Waals surface area contributed by atoms with Crippen LogP contribution < -0.4 is 0 Å². The topological polar surface area (TPSA) is 40.5 Å². The molecule has 1 rings (SSSR count). The molecular formula is C13H19NO2. The monoisotopic (exact) mass is 221 g/mol. The molecule has 0 aliphatic carbocycles. The van der Waals surface area contributed by atoms with Crippen molar-refractivity contribution in [2.45, 2.75) is 20.0 Å². The second-order valence-electron chi connectivity index (χ2n) is 4.28. The lowest BCUT2D eigenvalue weighted by molar-refractivity contribution is 0.0901. The number of likely N-dealkylation sites (N-methyl/N-ethyl adjacent to an activating group) is 1. The van der Waals surface area contributed by atoms with Gasteiger partial charge in [0.15, 0.2) is 5.78 Å². The first kappa shape index (κ1) is 12.9. The molecule has 0 saturated carbocycles. The smallest absolute Gasteiger partial charge is 0.177 e. The quantitative estimate of drug-likeness (QED) is 0.766. The highest BCUT2D eigenvalue weighted by Gasteiger charge is 2.12. The SMILES string of the molecule is Cc1ccccc1C(=O)CN(C)CC(C)O. The zero-order chi connectivity index (χ0) is 12.1. The van der Waals surface area contributed by atoms with Crippen molar-refractivity contribution in [2.75, 3.05) is 20.1 Å². The van der Waals surface area contributed by atoms with E-state index in [1.807, 2.05) is 43.1 Å². The predicted octanol–water partition coefficient (Wildman–Crippen LogP) is 1.49. The van der Waals surface area contributed by atoms with Crippen LogP contribution in [0.1, 0.15) is 22.8 Å². The zero-order valence-electron chi connectivity index (χ0n) is 10.1. The van der Waals surface area contributed by atoms with E-state index in [0.29, 0.717) is 13.1 Å². The summed E-state index contributed by atoms with van der Waals surface area (Å²) in [6, 6.07) is 7.57. The first-order valence-corrected chi connectivity index (χ1v) is 5.46. The maximum Gasteiger partial charge on any atom is 0.177 e. The van der Waals surface area contributed by atoms with E-state index in [4.69, 9.17) is 0 Å². The highest BCUT2D eigenvalue weighted by molar-refractivity contribution is 5.98. The van der Waals surface area contributed by atoms with Crippen LogP contribution in [-0.2, 0) is 0 Å². The van der Waals surface area contributed by atoms with Crippen molar-refractivity contribution in [3.63, 3.8) is 0 Å². The van der Waals surface area contributed by atoms with E-state index in [0.717, 1.165) is 11.1 Å². The molecule has 1 unspecified atom stereocenters. The first-order chi connectivity index (χ1) is 7.50. The number of ketones is 1. The van der Waals surface area contributed by atoms with Gasteiger partial charge >= 0.3 is 0 Å². The minimum Gasteiger partial charge on any atom is -0.392 e. The minimum atomic E-state index is -0.408. The number of carbonyl (C=O) groups is 1. The van der Waals surface area contributed by atoms with Gasteiger partial charge < -0.3 is 5.11 Å². The molecule has 0 spiro atoms. The lowest BCUT2D eigenvalue weighted by atomic mass is 10.0. The Hall–Kier alpha value is -1.19. The third-order valence-electron chi connectivity index (χ3n) is 2.43. The third kappa shape index (κ3) is 3.76. The van der Waals surface area contributed by atoms with Gasteiger partial charge in [-0.3, -0.25) is 9.69 Å². The van der Waals surface area contributed by atoms with Crippen molar-refractivity contribution in [3.8, 4) is 0 Å². The first-order valence-electron chi connectivity index (χ1n) is 5.46. The molecular weight excluding hydrogens is 202 g/mol. The van der Waals surface area contributed by atoms with Crippen molar-refractivity contribution in [2.24, 2.45) is 0 Å². The molecule has 0 fully saturated rings. The van der Waals surface area contributed by atoms with Crippen molar-refractivity contribution in [1.29, 1.82) is 0 Å². The molecule has 0 aromatic heterocycles. The predicted molar refractivity (Wildman–Crippen MR) is 64.7 cm³/mol. The van der Waals surface area contributed by atoms with Crippen LogP contribution in [0, 0.1) is 6.92 Å². The Labute approximate surface area is 96.7 Å². The number of benzene rings is 1. The number of aliphatic hydroxyl groups excluding tert-OH is 1. The Kier molecular flexibility index (Phi) is 4.65. The summed E-state index contributed by atoms with van der Waals surface area (Å²) in [5.74, 6) is 0.0984. The van der Waals surface area contributed by atoms with E-state index in [2.05, 4.69) is 0 Å². The minimum absolute atomic E-state index is 0.0984. The number of Topliss-reactive ketones (excluding diaryl/α,β-unsaturated/α-hetero) is 1. The average molecular weight is 221 g/mol. The molecule has 3 heteroatoms. The number of aliphatic hydroxyl groups is 1. The van der Waals surface area contributed by atoms with Crippen LogP contribution in [0.5, 0.6) is 0 Å². The van der Waals surface area contributed by atoms with Crippen molar-refractivity contribution in [3.05, 3.63) is 35.4 Å². The molecule has 1 N–H and O–H groups in total. The molecule has 1 aromatic rings. The Morgan fingerprint density at radius 1 is 1.44 bits per heavy atom. The van der Waals surface area contributed by atoms with Gasteiger partial charge in [-0.15, -0.1) is 0 Å². The van der Waals surface area contributed by atoms with Crippen LogP contribution in [0.3, 0.4) is 0 Å². The van der Waals surface area contributed by atoms with Gasteiger partial charge in [-0.2, -0.15) is 0 Å². The molecule has 16 heavy (non-hydrogen) atoms. The maximum atomic E-state index is 11.9. The van der Waals surface area contributed by atoms with Gasteiger partial charge in [0, 0.05) is 12.1 Å². The van der Waals surface area contributed by atoms with Crippen LogP contribution in [0.15, 0.2) is 24.3 Å². The van der Waals surface area contributed by atoms with Gasteiger partial charge in [0.2, 0.25) is 0 Å². The van der Waals surface area contributed by atoms with E-state index in [-0.39, 0.29) is 5.78 Å². The molecule has 1 atom stereocenters. The Bertz CT molecular complexity index is 361. The van der Waals surface area contributed by atoms with Gasteiger partial charge in [-0.1, -0.05) is 24.3 Å². The summed E-state index contributed by atoms with van der Waals surface area (Å²) in [7, 11) is 1.84. The summed E-state index contributed by atoms with van der Waals surface area (Å²) in [6.45, 7) is 4.50. The van der Waals surface area contributed by atoms with Crippen LogP contribution in [0.2, 0.25) is 0 Å². The molecule has 1 aromatic carbocycles. The van der Waals surface area contributed by atoms with E-state index in [1.54, 1.807) is 6.92 Å². The Morgan fingerprint density at radius 3 is 2.62 bits per heavy atom. The molecule has 0 bridgehead atoms. The van der Waals surface area contributed by atoms with Gasteiger partial charge in [0.1, 0.15) is 0 Å². The molecule has 88 valence electrons. The largest absolute Gasteiger partial charge is 0.392 e. The number of rotatable bonds is 5. The van der Waals surface area contributed by atoms with Crippen molar-refractivity contribution < 1.29 is 9.90 Å². The number of hydrogen-bond donors (Lipinski definition) is 1. The van der Waals surface area contributed by atoms with Gasteiger partial charge in [-0.05, 0) is 26.5 Å². The van der Waals surface area contributed by atoms with E-state index >= 15 is 0 Å². The maximum absolute atomic E-state index is 11.9. The molecule has 0 heterocycles. The highest BCUT2D eigenvalue weighted by atomic mass is 16.3. The summed E-state index contributed by atoms with van der Waals surface area (Å²) >= 11 is 0. The van der Waals surface area contributed by atoms with E-state index < -0.39 is 6.10 Å². The van der Waals surface area contributed by atoms with Gasteiger partial charge in [0.25, 0.3) is 0 Å². The fourth-order valence-electron chi connectivity index (χ4n) is 1.73. The molecule has 0 amide bonds. The fraction of sp³-hybridized carbons (Fsp3) is 0.462. The summed E-state index contributed by atoms with van der Waals surface area (Å²) in [5.41, 5.74) is 1.76. The normalized spacial score (nSPS) is 12.8. The van der Waals surface area contributed by atoms with Crippen LogP contribution >= 0.6 is 0 Å². The van der Waals surface area contributed by atoms with Crippen LogP contribution in [-0.4, -0.2) is 42.0 Å². The van der Waals surface area contributed by atoms with Gasteiger partial charge in [0.05, 0.1) is 12.6 Å². The molecule has 3 nitrogen and oxygen atoms in total. The highest BCUT2D eigenvalue weighted by Crippen LogP contribution is 2.08. The summed E-state index contributed by atoms with van der Waals surface area (Å²) in [6.07, 6.45) is -0.408. The lowest BCUT2D eigenvalue weighted by Crippen LogP contribution is -2.32. The standard InChI is InChI=1S/C13H19NO2/c1-10-6-4-5-7-12(10)13(16)9-14(3)8-11(2)15/h4-7,11,15H,8-9H2,1-3H3. The zero-order valence-corrected chi connectivity index (χ0v) is 10.1. The summed E-state index contributed by atoms with van der Waals surface area (Å²) in [5, 5.41) is 9.21. The third-order valence-corrected chi connectivity index (χ3v) is 2.43. The lowest BCUT2D eigenvalue weighted by Gasteiger charge is -2.17. The van der Waals surface area contributed by atoms with E-state index in [9.17, 15) is 9.90 Å². The number of carbonyl (C=O) groups excluding carboxylic acids is 1. The summed E-state index contributed by atoms with van der Waals surface area (Å²) < 4.78 is 0. The fourth-order valence-corrected chi connectivity index (χ4v) is 1.73. The van der Waals surface area contributed by atoms with Crippen LogP contribution in [0.4, 0.5) is 0 Å². The van der Waals surface area contributed by atoms with Crippen LogP contribution in [0.25, 0.3) is 0 Å². The Balaban J connectivity index is 2.63. The molecule has 0 radical (unpaired) electrons. The summed E-state index contributed by atoms with van der Waals surface area (Å²) in [4.78, 5) is 13.8. The van der Waals surface area contributed by atoms with Gasteiger partial charge in [-0.25, -0.2) is 0 Å². The van der Waals surface area contributed by atoms with E-state index in [1.165, 1.54) is 0 Å². The number of hydrogen-bond acceptors (Lipinski definition) is 3. The van der Waals surface area contributed by atoms with Crippen molar-refractivity contribution in [1.82, 2.24) is 4.90 Å². The molecule has 0 aliphatic rings. The Morgan fingerprint density at radius 2 is 2.06 bits per heavy atom. The second kappa shape index (κ2) is 5.77. The average Bonchev–Trinajstić information content (AvgIpc) is 2.16.